The molecule has 1 fully saturated rings. The third kappa shape index (κ3) is 3.47. The van der Waals surface area contributed by atoms with Crippen molar-refractivity contribution in [1.29, 1.82) is 0 Å². The SMILES string of the molecule is C=C(C)CNC(=O)N1CCC(C)(C(=O)O)CC1. The van der Waals surface area contributed by atoms with E-state index < -0.39 is 11.4 Å². The minimum atomic E-state index is -0.778. The molecular weight excluding hydrogens is 220 g/mol. The molecule has 0 spiro atoms. The number of likely N-dealkylation sites (tertiary alicyclic amines) is 1. The number of carbonyl (C=O) groups is 2. The Hall–Kier alpha value is -1.52. The summed E-state index contributed by atoms with van der Waals surface area (Å²) < 4.78 is 0. The van der Waals surface area contributed by atoms with E-state index in [1.54, 1.807) is 11.8 Å². The van der Waals surface area contributed by atoms with Crippen LogP contribution in [0.25, 0.3) is 0 Å². The minimum Gasteiger partial charge on any atom is -0.481 e. The van der Waals surface area contributed by atoms with E-state index in [2.05, 4.69) is 11.9 Å². The highest BCUT2D eigenvalue weighted by molar-refractivity contribution is 5.77. The first kappa shape index (κ1) is 13.5. The van der Waals surface area contributed by atoms with Gasteiger partial charge in [-0.1, -0.05) is 12.2 Å². The Balaban J connectivity index is 2.44. The average Bonchev–Trinajstić information content (AvgIpc) is 2.26. The van der Waals surface area contributed by atoms with Crippen LogP contribution in [0.15, 0.2) is 12.2 Å². The fraction of sp³-hybridized carbons (Fsp3) is 0.667. The number of urea groups is 1. The largest absolute Gasteiger partial charge is 0.481 e. The molecule has 0 aromatic carbocycles. The second-order valence-electron chi connectivity index (χ2n) is 4.97. The van der Waals surface area contributed by atoms with Crippen LogP contribution in [0, 0.1) is 5.41 Å². The van der Waals surface area contributed by atoms with Crippen molar-refractivity contribution in [3.05, 3.63) is 12.2 Å². The van der Waals surface area contributed by atoms with E-state index in [1.165, 1.54) is 0 Å². The van der Waals surface area contributed by atoms with Crippen molar-refractivity contribution in [2.45, 2.75) is 26.7 Å². The summed E-state index contributed by atoms with van der Waals surface area (Å²) in [5, 5.41) is 11.8. The van der Waals surface area contributed by atoms with Gasteiger partial charge in [0.15, 0.2) is 0 Å². The molecule has 2 N–H and O–H groups in total. The van der Waals surface area contributed by atoms with Gasteiger partial charge in [0.1, 0.15) is 0 Å². The van der Waals surface area contributed by atoms with E-state index in [1.807, 2.05) is 6.92 Å². The zero-order valence-corrected chi connectivity index (χ0v) is 10.5. The summed E-state index contributed by atoms with van der Waals surface area (Å²) in [6.07, 6.45) is 1.01. The zero-order valence-electron chi connectivity index (χ0n) is 10.5. The van der Waals surface area contributed by atoms with Gasteiger partial charge < -0.3 is 15.3 Å². The summed E-state index contributed by atoms with van der Waals surface area (Å²) in [5.41, 5.74) is 0.205. The third-order valence-electron chi connectivity index (χ3n) is 3.21. The Labute approximate surface area is 101 Å². The number of aliphatic carboxylic acids is 1. The van der Waals surface area contributed by atoms with Gasteiger partial charge in [-0.25, -0.2) is 4.79 Å². The van der Waals surface area contributed by atoms with Gasteiger partial charge in [0.2, 0.25) is 0 Å². The van der Waals surface area contributed by atoms with Gasteiger partial charge in [-0.05, 0) is 26.7 Å². The van der Waals surface area contributed by atoms with Gasteiger partial charge in [0.05, 0.1) is 5.41 Å². The van der Waals surface area contributed by atoms with Crippen molar-refractivity contribution in [3.8, 4) is 0 Å². The van der Waals surface area contributed by atoms with Crippen molar-refractivity contribution in [2.24, 2.45) is 5.41 Å². The van der Waals surface area contributed by atoms with Crippen LogP contribution in [0.2, 0.25) is 0 Å². The maximum absolute atomic E-state index is 11.7. The number of hydrogen-bond acceptors (Lipinski definition) is 2. The van der Waals surface area contributed by atoms with E-state index in [0.29, 0.717) is 32.5 Å². The number of rotatable bonds is 3. The molecule has 1 heterocycles. The highest BCUT2D eigenvalue weighted by Gasteiger charge is 2.37. The second kappa shape index (κ2) is 5.21. The van der Waals surface area contributed by atoms with Crippen LogP contribution in [0.1, 0.15) is 26.7 Å². The lowest BCUT2D eigenvalue weighted by atomic mass is 9.80. The van der Waals surface area contributed by atoms with Crippen LogP contribution in [0.3, 0.4) is 0 Å². The first-order valence-corrected chi connectivity index (χ1v) is 5.76. The molecule has 1 rings (SSSR count). The van der Waals surface area contributed by atoms with Crippen molar-refractivity contribution in [1.82, 2.24) is 10.2 Å². The summed E-state index contributed by atoms with van der Waals surface area (Å²) >= 11 is 0. The van der Waals surface area contributed by atoms with Crippen molar-refractivity contribution in [2.75, 3.05) is 19.6 Å². The predicted molar refractivity (Wildman–Crippen MR) is 64.8 cm³/mol. The monoisotopic (exact) mass is 240 g/mol. The molecular formula is C12H20N2O3. The average molecular weight is 240 g/mol. The first-order chi connectivity index (χ1) is 7.85. The molecule has 0 bridgehead atoms. The number of nitrogens with one attached hydrogen (secondary N) is 1. The quantitative estimate of drug-likeness (QED) is 0.734. The Kier molecular flexibility index (Phi) is 4.15. The molecule has 17 heavy (non-hydrogen) atoms. The lowest BCUT2D eigenvalue weighted by Crippen LogP contribution is -2.48. The lowest BCUT2D eigenvalue weighted by molar-refractivity contribution is -0.150. The standard InChI is InChI=1S/C12H20N2O3/c1-9(2)8-13-11(17)14-6-4-12(3,5-7-14)10(15)16/h1,4-8H2,2-3H3,(H,13,17)(H,15,16). The molecule has 0 unspecified atom stereocenters. The molecule has 5 heteroatoms. The molecule has 1 aliphatic heterocycles. The number of carboxylic acid groups (broad SMARTS) is 1. The van der Waals surface area contributed by atoms with E-state index >= 15 is 0 Å². The van der Waals surface area contributed by atoms with Gasteiger partial charge in [-0.15, -0.1) is 0 Å². The van der Waals surface area contributed by atoms with Gasteiger partial charge in [-0.2, -0.15) is 0 Å². The molecule has 0 radical (unpaired) electrons. The number of piperidine rings is 1. The van der Waals surface area contributed by atoms with Crippen molar-refractivity contribution < 1.29 is 14.7 Å². The molecule has 0 saturated carbocycles. The van der Waals surface area contributed by atoms with Crippen LogP contribution >= 0.6 is 0 Å². The number of amides is 2. The van der Waals surface area contributed by atoms with Crippen LogP contribution in [-0.4, -0.2) is 41.6 Å². The third-order valence-corrected chi connectivity index (χ3v) is 3.21. The molecule has 0 atom stereocenters. The molecule has 1 saturated heterocycles. The number of carboxylic acids is 1. The molecule has 5 nitrogen and oxygen atoms in total. The number of hydrogen-bond donors (Lipinski definition) is 2. The summed E-state index contributed by atoms with van der Waals surface area (Å²) in [4.78, 5) is 24.4. The summed E-state index contributed by atoms with van der Waals surface area (Å²) in [5.74, 6) is -0.778. The fourth-order valence-electron chi connectivity index (χ4n) is 1.76. The topological polar surface area (TPSA) is 69.6 Å². The van der Waals surface area contributed by atoms with Crippen LogP contribution in [0.4, 0.5) is 4.79 Å². The Bertz CT molecular complexity index is 331. The predicted octanol–water partition coefficient (Wildman–Crippen LogP) is 1.46. The highest BCUT2D eigenvalue weighted by Crippen LogP contribution is 2.30. The van der Waals surface area contributed by atoms with Crippen LogP contribution in [0.5, 0.6) is 0 Å². The van der Waals surface area contributed by atoms with E-state index in [9.17, 15) is 9.59 Å². The van der Waals surface area contributed by atoms with E-state index in [0.717, 1.165) is 5.57 Å². The van der Waals surface area contributed by atoms with Crippen molar-refractivity contribution >= 4 is 12.0 Å². The second-order valence-corrected chi connectivity index (χ2v) is 4.97. The van der Waals surface area contributed by atoms with E-state index in [4.69, 9.17) is 5.11 Å². The number of nitrogens with zero attached hydrogens (tertiary/aromatic N) is 1. The van der Waals surface area contributed by atoms with Gasteiger partial charge in [-0.3, -0.25) is 4.79 Å². The Morgan fingerprint density at radius 2 is 1.94 bits per heavy atom. The summed E-state index contributed by atoms with van der Waals surface area (Å²) in [6.45, 7) is 8.73. The van der Waals surface area contributed by atoms with Gasteiger partial charge in [0.25, 0.3) is 0 Å². The maximum Gasteiger partial charge on any atom is 0.317 e. The number of carbonyl (C=O) groups excluding carboxylic acids is 1. The normalized spacial score (nSPS) is 18.6. The summed E-state index contributed by atoms with van der Waals surface area (Å²) in [6, 6.07) is -0.138. The molecule has 96 valence electrons. The first-order valence-electron chi connectivity index (χ1n) is 5.76. The van der Waals surface area contributed by atoms with Gasteiger partial charge in [0, 0.05) is 19.6 Å². The van der Waals surface area contributed by atoms with Crippen LogP contribution < -0.4 is 5.32 Å². The van der Waals surface area contributed by atoms with E-state index in [-0.39, 0.29) is 6.03 Å². The Morgan fingerprint density at radius 1 is 1.41 bits per heavy atom. The molecule has 0 aromatic rings. The van der Waals surface area contributed by atoms with Crippen molar-refractivity contribution in [3.63, 3.8) is 0 Å². The molecule has 2 amide bonds. The molecule has 0 aromatic heterocycles. The Morgan fingerprint density at radius 3 is 2.35 bits per heavy atom. The maximum atomic E-state index is 11.7. The van der Waals surface area contributed by atoms with Crippen LogP contribution in [-0.2, 0) is 4.79 Å². The zero-order chi connectivity index (χ0) is 13.1. The highest BCUT2D eigenvalue weighted by atomic mass is 16.4. The lowest BCUT2D eigenvalue weighted by Gasteiger charge is -2.36. The molecule has 1 aliphatic rings. The van der Waals surface area contributed by atoms with Gasteiger partial charge >= 0.3 is 12.0 Å². The fourth-order valence-corrected chi connectivity index (χ4v) is 1.76. The minimum absolute atomic E-state index is 0.138. The molecule has 0 aliphatic carbocycles. The smallest absolute Gasteiger partial charge is 0.317 e. The summed E-state index contributed by atoms with van der Waals surface area (Å²) in [7, 11) is 0.